The van der Waals surface area contributed by atoms with E-state index in [0.717, 1.165) is 0 Å². The van der Waals surface area contributed by atoms with Gasteiger partial charge in [0.15, 0.2) is 0 Å². The SMILES string of the molecule is C.C.C.C.C.CN1CCCc2ccccc21.CN1CCc2ccccc21. The van der Waals surface area contributed by atoms with Crippen LogP contribution >= 0.6 is 0 Å². The van der Waals surface area contributed by atoms with E-state index in [2.05, 4.69) is 72.4 Å². The third kappa shape index (κ3) is 6.40. The lowest BCUT2D eigenvalue weighted by Gasteiger charge is -2.26. The molecule has 0 radical (unpaired) electrons. The number of benzene rings is 2. The predicted molar refractivity (Wildman–Crippen MR) is 125 cm³/mol. The average molecular weight is 361 g/mol. The van der Waals surface area contributed by atoms with Gasteiger partial charge in [0.1, 0.15) is 0 Å². The maximum Gasteiger partial charge on any atom is 0.0396 e. The van der Waals surface area contributed by atoms with Crippen molar-refractivity contribution in [3.05, 3.63) is 59.7 Å². The van der Waals surface area contributed by atoms with Gasteiger partial charge in [0.2, 0.25) is 0 Å². The molecule has 0 amide bonds. The number of fused-ring (bicyclic) bond motifs is 2. The Morgan fingerprint density at radius 2 is 1.00 bits per heavy atom. The summed E-state index contributed by atoms with van der Waals surface area (Å²) < 4.78 is 0. The van der Waals surface area contributed by atoms with E-state index in [1.165, 1.54) is 54.9 Å². The Hall–Kier alpha value is -1.96. The highest BCUT2D eigenvalue weighted by Gasteiger charge is 2.13. The molecule has 0 aromatic heterocycles. The first-order valence-corrected chi connectivity index (χ1v) is 7.84. The molecule has 0 spiro atoms. The van der Waals surface area contributed by atoms with Gasteiger partial charge in [-0.15, -0.1) is 0 Å². The van der Waals surface area contributed by atoms with Crippen molar-refractivity contribution < 1.29 is 0 Å². The van der Waals surface area contributed by atoms with Crippen LogP contribution in [0.25, 0.3) is 0 Å². The van der Waals surface area contributed by atoms with E-state index in [1.807, 2.05) is 0 Å². The van der Waals surface area contributed by atoms with Gasteiger partial charge in [-0.25, -0.2) is 0 Å². The van der Waals surface area contributed by atoms with Crippen molar-refractivity contribution in [2.45, 2.75) is 56.4 Å². The molecule has 2 aliphatic heterocycles. The molecular formula is C24H44N2. The van der Waals surface area contributed by atoms with Gasteiger partial charge in [-0.3, -0.25) is 0 Å². The lowest BCUT2D eigenvalue weighted by Crippen LogP contribution is -2.24. The Morgan fingerprint density at radius 3 is 1.50 bits per heavy atom. The van der Waals surface area contributed by atoms with Crippen LogP contribution in [-0.4, -0.2) is 27.2 Å². The van der Waals surface area contributed by atoms with Crippen LogP contribution in [0.5, 0.6) is 0 Å². The molecule has 0 unspecified atom stereocenters. The van der Waals surface area contributed by atoms with E-state index >= 15 is 0 Å². The molecule has 2 aromatic carbocycles. The zero-order chi connectivity index (χ0) is 14.7. The third-order valence-electron chi connectivity index (χ3n) is 4.46. The number of hydrogen-bond donors (Lipinski definition) is 0. The third-order valence-corrected chi connectivity index (χ3v) is 4.46. The Balaban J connectivity index is -0.000000342. The zero-order valence-corrected chi connectivity index (χ0v) is 13.0. The maximum absolute atomic E-state index is 2.33. The van der Waals surface area contributed by atoms with Crippen molar-refractivity contribution in [3.63, 3.8) is 0 Å². The molecule has 2 heterocycles. The molecular weight excluding hydrogens is 316 g/mol. The summed E-state index contributed by atoms with van der Waals surface area (Å²) in [5, 5.41) is 0. The molecule has 2 aliphatic rings. The zero-order valence-electron chi connectivity index (χ0n) is 13.0. The lowest BCUT2D eigenvalue weighted by atomic mass is 10.0. The molecule has 150 valence electrons. The molecule has 0 N–H and O–H groups in total. The van der Waals surface area contributed by atoms with E-state index in [4.69, 9.17) is 0 Å². The van der Waals surface area contributed by atoms with E-state index in [-0.39, 0.29) is 37.1 Å². The molecule has 0 saturated heterocycles. The summed E-state index contributed by atoms with van der Waals surface area (Å²) in [6.45, 7) is 2.39. The van der Waals surface area contributed by atoms with Crippen molar-refractivity contribution in [1.29, 1.82) is 0 Å². The minimum atomic E-state index is 0. The largest absolute Gasteiger partial charge is 0.374 e. The molecule has 2 nitrogen and oxygen atoms in total. The lowest BCUT2D eigenvalue weighted by molar-refractivity contribution is 0.744. The van der Waals surface area contributed by atoms with Crippen LogP contribution in [0.15, 0.2) is 48.5 Å². The second kappa shape index (κ2) is 13.3. The van der Waals surface area contributed by atoms with Gasteiger partial charge in [-0.2, -0.15) is 0 Å². The molecule has 2 aromatic rings. The van der Waals surface area contributed by atoms with Gasteiger partial charge >= 0.3 is 0 Å². The van der Waals surface area contributed by atoms with E-state index in [0.29, 0.717) is 0 Å². The highest BCUT2D eigenvalue weighted by molar-refractivity contribution is 5.57. The van der Waals surface area contributed by atoms with Gasteiger partial charge in [0, 0.05) is 38.6 Å². The first-order valence-electron chi connectivity index (χ1n) is 7.84. The van der Waals surface area contributed by atoms with E-state index in [1.54, 1.807) is 0 Å². The van der Waals surface area contributed by atoms with Gasteiger partial charge in [0.05, 0.1) is 0 Å². The molecule has 4 rings (SSSR count). The fraction of sp³-hybridized carbons (Fsp3) is 0.500. The molecule has 0 atom stereocenters. The van der Waals surface area contributed by atoms with Crippen LogP contribution < -0.4 is 9.80 Å². The average Bonchev–Trinajstić information content (AvgIpc) is 2.91. The topological polar surface area (TPSA) is 6.48 Å². The Morgan fingerprint density at radius 1 is 0.577 bits per heavy atom. The minimum Gasteiger partial charge on any atom is -0.374 e. The molecule has 26 heavy (non-hydrogen) atoms. The summed E-state index contributed by atoms with van der Waals surface area (Å²) in [6, 6.07) is 17.3. The monoisotopic (exact) mass is 360 g/mol. The summed E-state index contributed by atoms with van der Waals surface area (Å²) in [5.41, 5.74) is 5.81. The quantitative estimate of drug-likeness (QED) is 0.502. The van der Waals surface area contributed by atoms with Gasteiger partial charge in [-0.1, -0.05) is 73.5 Å². The van der Waals surface area contributed by atoms with Crippen molar-refractivity contribution in [3.8, 4) is 0 Å². The number of hydrogen-bond acceptors (Lipinski definition) is 2. The summed E-state index contributed by atoms with van der Waals surface area (Å²) >= 11 is 0. The summed E-state index contributed by atoms with van der Waals surface area (Å²) in [5.74, 6) is 0. The van der Waals surface area contributed by atoms with E-state index in [9.17, 15) is 0 Å². The predicted octanol–water partition coefficient (Wildman–Crippen LogP) is 6.93. The van der Waals surface area contributed by atoms with Gasteiger partial charge < -0.3 is 9.80 Å². The Kier molecular flexibility index (Phi) is 14.7. The molecule has 0 fully saturated rings. The summed E-state index contributed by atoms with van der Waals surface area (Å²) in [6.07, 6.45) is 3.76. The minimum absolute atomic E-state index is 0. The summed E-state index contributed by atoms with van der Waals surface area (Å²) in [4.78, 5) is 4.63. The molecule has 0 saturated carbocycles. The fourth-order valence-electron chi connectivity index (χ4n) is 3.22. The highest BCUT2D eigenvalue weighted by atomic mass is 15.1. The maximum atomic E-state index is 2.33. The van der Waals surface area contributed by atoms with Crippen LogP contribution in [-0.2, 0) is 12.8 Å². The number of nitrogens with zero attached hydrogens (tertiary/aromatic N) is 2. The van der Waals surface area contributed by atoms with Crippen LogP contribution in [0.2, 0.25) is 0 Å². The Labute approximate surface area is 164 Å². The van der Waals surface area contributed by atoms with Crippen LogP contribution in [0, 0.1) is 0 Å². The van der Waals surface area contributed by atoms with Gasteiger partial charge in [0.25, 0.3) is 0 Å². The van der Waals surface area contributed by atoms with Crippen molar-refractivity contribution in [1.82, 2.24) is 0 Å². The number of anilines is 2. The second-order valence-corrected chi connectivity index (χ2v) is 5.95. The number of aryl methyl sites for hydroxylation is 1. The normalized spacial score (nSPS) is 12.8. The second-order valence-electron chi connectivity index (χ2n) is 5.95. The van der Waals surface area contributed by atoms with Crippen LogP contribution in [0.4, 0.5) is 11.4 Å². The van der Waals surface area contributed by atoms with Crippen LogP contribution in [0.3, 0.4) is 0 Å². The molecule has 0 aliphatic carbocycles. The smallest absolute Gasteiger partial charge is 0.0396 e. The summed E-state index contributed by atoms with van der Waals surface area (Å²) in [7, 11) is 4.31. The van der Waals surface area contributed by atoms with Crippen molar-refractivity contribution in [2.75, 3.05) is 37.0 Å². The molecule has 0 bridgehead atoms. The molecule has 2 heteroatoms. The Bertz CT molecular complexity index is 607. The number of likely N-dealkylation sites (N-methyl/N-ethyl adjacent to an activating group) is 1. The van der Waals surface area contributed by atoms with Gasteiger partial charge in [-0.05, 0) is 42.5 Å². The standard InChI is InChI=1S/C10H13N.C9H11N.5CH4/c1-11-8-4-6-9-5-2-3-7-10(9)11;1-10-7-6-8-4-2-3-5-9(8)10;;;;;/h2-3,5,7H,4,6,8H2,1H3;2-5H,6-7H2,1H3;5*1H4. The number of para-hydroxylation sites is 2. The van der Waals surface area contributed by atoms with E-state index < -0.39 is 0 Å². The highest BCUT2D eigenvalue weighted by Crippen LogP contribution is 2.25. The van der Waals surface area contributed by atoms with Crippen molar-refractivity contribution >= 4 is 11.4 Å². The first kappa shape index (κ1) is 28.8. The van der Waals surface area contributed by atoms with Crippen LogP contribution in [0.1, 0.15) is 54.7 Å². The number of rotatable bonds is 0. The first-order chi connectivity index (χ1) is 10.3. The van der Waals surface area contributed by atoms with Crippen molar-refractivity contribution in [2.24, 2.45) is 0 Å². The fourth-order valence-corrected chi connectivity index (χ4v) is 3.22.